The van der Waals surface area contributed by atoms with Crippen LogP contribution in [0.1, 0.15) is 29.3 Å². The zero-order valence-electron chi connectivity index (χ0n) is 19.4. The normalized spacial score (nSPS) is 11.0. The lowest BCUT2D eigenvalue weighted by Gasteiger charge is -2.11. The zero-order valence-corrected chi connectivity index (χ0v) is 19.4. The number of carbonyl (C=O) groups is 1. The van der Waals surface area contributed by atoms with Crippen molar-refractivity contribution in [1.29, 1.82) is 0 Å². The van der Waals surface area contributed by atoms with Crippen molar-refractivity contribution in [3.8, 4) is 5.95 Å². The van der Waals surface area contributed by atoms with Gasteiger partial charge in [0.1, 0.15) is 0 Å². The number of rotatable bonds is 9. The molecule has 5 rings (SSSR count). The number of benzene rings is 2. The molecule has 3 heterocycles. The minimum Gasteiger partial charge on any atom is -0.354 e. The standard InChI is InChI=1S/C26H26N8O/c1-2-17-33-23-21(29-26(33)34-18-9-15-28-34)22(30-24(35)20-12-7-4-8-13-20)31-25(32-23)27-16-14-19-10-5-3-6-11-19/h3-13,15,18H,2,14,16-17H2,1H3,(H2,27,30,31,32,35). The molecule has 0 atom stereocenters. The molecule has 35 heavy (non-hydrogen) atoms. The molecule has 0 saturated carbocycles. The van der Waals surface area contributed by atoms with Crippen LogP contribution < -0.4 is 10.6 Å². The maximum atomic E-state index is 13.0. The van der Waals surface area contributed by atoms with Crippen molar-refractivity contribution in [2.75, 3.05) is 17.2 Å². The number of carbonyl (C=O) groups excluding carboxylic acids is 1. The van der Waals surface area contributed by atoms with Gasteiger partial charge in [0, 0.05) is 31.0 Å². The molecule has 9 nitrogen and oxygen atoms in total. The smallest absolute Gasteiger partial charge is 0.256 e. The highest BCUT2D eigenvalue weighted by molar-refractivity contribution is 6.07. The number of nitrogens with one attached hydrogen (secondary N) is 2. The van der Waals surface area contributed by atoms with Gasteiger partial charge in [-0.1, -0.05) is 55.5 Å². The van der Waals surface area contributed by atoms with Gasteiger partial charge in [-0.3, -0.25) is 9.36 Å². The van der Waals surface area contributed by atoms with Crippen LogP contribution in [-0.4, -0.2) is 41.8 Å². The van der Waals surface area contributed by atoms with Crippen molar-refractivity contribution in [3.63, 3.8) is 0 Å². The molecule has 0 radical (unpaired) electrons. The summed E-state index contributed by atoms with van der Waals surface area (Å²) in [5.74, 6) is 1.15. The predicted octanol–water partition coefficient (Wildman–Crippen LogP) is 4.33. The topological polar surface area (TPSA) is 103 Å². The molecular formula is C26H26N8O. The number of nitrogens with zero attached hydrogens (tertiary/aromatic N) is 6. The number of aryl methyl sites for hydroxylation is 1. The number of fused-ring (bicyclic) bond motifs is 1. The Kier molecular flexibility index (Phi) is 6.47. The monoisotopic (exact) mass is 466 g/mol. The van der Waals surface area contributed by atoms with E-state index in [2.05, 4.69) is 39.8 Å². The van der Waals surface area contributed by atoms with Gasteiger partial charge >= 0.3 is 0 Å². The van der Waals surface area contributed by atoms with Crippen LogP contribution in [0.15, 0.2) is 79.1 Å². The van der Waals surface area contributed by atoms with Gasteiger partial charge in [0.25, 0.3) is 5.91 Å². The fraction of sp³-hybridized carbons (Fsp3) is 0.192. The van der Waals surface area contributed by atoms with E-state index < -0.39 is 0 Å². The summed E-state index contributed by atoms with van der Waals surface area (Å²) < 4.78 is 3.70. The molecule has 2 aromatic carbocycles. The summed E-state index contributed by atoms with van der Waals surface area (Å²) in [7, 11) is 0. The summed E-state index contributed by atoms with van der Waals surface area (Å²) in [5.41, 5.74) is 2.91. The van der Waals surface area contributed by atoms with E-state index in [1.54, 1.807) is 23.0 Å². The van der Waals surface area contributed by atoms with Gasteiger partial charge in [-0.05, 0) is 36.6 Å². The highest BCUT2D eigenvalue weighted by Crippen LogP contribution is 2.25. The predicted molar refractivity (Wildman–Crippen MR) is 136 cm³/mol. The van der Waals surface area contributed by atoms with Gasteiger partial charge < -0.3 is 10.6 Å². The molecular weight excluding hydrogens is 440 g/mol. The lowest BCUT2D eigenvalue weighted by Crippen LogP contribution is -2.15. The van der Waals surface area contributed by atoms with Gasteiger partial charge in [0.2, 0.25) is 11.9 Å². The van der Waals surface area contributed by atoms with Gasteiger partial charge in [0.15, 0.2) is 17.0 Å². The van der Waals surface area contributed by atoms with E-state index in [1.807, 2.05) is 53.2 Å². The Morgan fingerprint density at radius 1 is 0.943 bits per heavy atom. The molecule has 0 aliphatic heterocycles. The number of imidazole rings is 1. The van der Waals surface area contributed by atoms with Gasteiger partial charge in [0.05, 0.1) is 0 Å². The van der Waals surface area contributed by atoms with Crippen LogP contribution in [0, 0.1) is 0 Å². The molecule has 2 N–H and O–H groups in total. The van der Waals surface area contributed by atoms with E-state index in [0.717, 1.165) is 12.8 Å². The average molecular weight is 467 g/mol. The Balaban J connectivity index is 1.53. The van der Waals surface area contributed by atoms with Crippen molar-refractivity contribution < 1.29 is 4.79 Å². The maximum Gasteiger partial charge on any atom is 0.256 e. The van der Waals surface area contributed by atoms with Crippen molar-refractivity contribution >= 4 is 28.8 Å². The highest BCUT2D eigenvalue weighted by Gasteiger charge is 2.20. The van der Waals surface area contributed by atoms with Crippen LogP contribution in [0.5, 0.6) is 0 Å². The van der Waals surface area contributed by atoms with E-state index in [1.165, 1.54) is 5.56 Å². The van der Waals surface area contributed by atoms with Crippen LogP contribution in [0.2, 0.25) is 0 Å². The molecule has 0 fully saturated rings. The first-order chi connectivity index (χ1) is 17.2. The fourth-order valence-electron chi connectivity index (χ4n) is 3.88. The summed E-state index contributed by atoms with van der Waals surface area (Å²) in [6, 6.07) is 21.1. The lowest BCUT2D eigenvalue weighted by atomic mass is 10.1. The molecule has 5 aromatic rings. The quantitative estimate of drug-likeness (QED) is 0.335. The largest absolute Gasteiger partial charge is 0.354 e. The van der Waals surface area contributed by atoms with Crippen LogP contribution in [-0.2, 0) is 13.0 Å². The van der Waals surface area contributed by atoms with Crippen LogP contribution >= 0.6 is 0 Å². The minimum absolute atomic E-state index is 0.258. The van der Waals surface area contributed by atoms with Gasteiger partial charge in [-0.2, -0.15) is 15.1 Å². The first-order valence-electron chi connectivity index (χ1n) is 11.7. The molecule has 0 bridgehead atoms. The number of hydrogen-bond donors (Lipinski definition) is 2. The summed E-state index contributed by atoms with van der Waals surface area (Å²) in [6.07, 6.45) is 5.24. The summed E-state index contributed by atoms with van der Waals surface area (Å²) in [5, 5.41) is 10.6. The van der Waals surface area contributed by atoms with Crippen LogP contribution in [0.25, 0.3) is 17.1 Å². The lowest BCUT2D eigenvalue weighted by molar-refractivity contribution is 0.102. The zero-order chi connectivity index (χ0) is 24.0. The number of hydrogen-bond acceptors (Lipinski definition) is 6. The van der Waals surface area contributed by atoms with Crippen molar-refractivity contribution in [3.05, 3.63) is 90.3 Å². The van der Waals surface area contributed by atoms with E-state index >= 15 is 0 Å². The molecule has 1 amide bonds. The van der Waals surface area contributed by atoms with Crippen molar-refractivity contribution in [2.24, 2.45) is 0 Å². The Bertz CT molecular complexity index is 1410. The Morgan fingerprint density at radius 3 is 2.43 bits per heavy atom. The van der Waals surface area contributed by atoms with Crippen molar-refractivity contribution in [1.82, 2.24) is 29.3 Å². The molecule has 0 aliphatic carbocycles. The third kappa shape index (κ3) is 4.89. The first kappa shape index (κ1) is 22.3. The highest BCUT2D eigenvalue weighted by atomic mass is 16.1. The van der Waals surface area contributed by atoms with Gasteiger partial charge in [-0.25, -0.2) is 9.67 Å². The molecule has 0 aliphatic rings. The van der Waals surface area contributed by atoms with E-state index in [-0.39, 0.29) is 5.91 Å². The average Bonchev–Trinajstić information content (AvgIpc) is 3.54. The Morgan fingerprint density at radius 2 is 1.71 bits per heavy atom. The van der Waals surface area contributed by atoms with Crippen LogP contribution in [0.4, 0.5) is 11.8 Å². The number of amides is 1. The van der Waals surface area contributed by atoms with E-state index in [4.69, 9.17) is 9.97 Å². The minimum atomic E-state index is -0.258. The van der Waals surface area contributed by atoms with E-state index in [9.17, 15) is 4.79 Å². The fourth-order valence-corrected chi connectivity index (χ4v) is 3.88. The molecule has 0 unspecified atom stereocenters. The number of anilines is 2. The number of aromatic nitrogens is 6. The third-order valence-electron chi connectivity index (χ3n) is 5.54. The second kappa shape index (κ2) is 10.2. The Hall–Kier alpha value is -4.53. The molecule has 3 aromatic heterocycles. The summed E-state index contributed by atoms with van der Waals surface area (Å²) in [4.78, 5) is 27.2. The molecule has 0 saturated heterocycles. The summed E-state index contributed by atoms with van der Waals surface area (Å²) >= 11 is 0. The Labute approximate surface area is 202 Å². The molecule has 0 spiro atoms. The molecule has 9 heteroatoms. The summed E-state index contributed by atoms with van der Waals surface area (Å²) in [6.45, 7) is 3.44. The SMILES string of the molecule is CCCn1c(-n2cccn2)nc2c(NC(=O)c3ccccc3)nc(NCCc3ccccc3)nc21. The van der Waals surface area contributed by atoms with Gasteiger partial charge in [-0.15, -0.1) is 0 Å². The second-order valence-electron chi connectivity index (χ2n) is 8.06. The maximum absolute atomic E-state index is 13.0. The third-order valence-corrected chi connectivity index (χ3v) is 5.54. The van der Waals surface area contributed by atoms with Crippen LogP contribution in [0.3, 0.4) is 0 Å². The van der Waals surface area contributed by atoms with Crippen molar-refractivity contribution in [2.45, 2.75) is 26.3 Å². The second-order valence-corrected chi connectivity index (χ2v) is 8.06. The van der Waals surface area contributed by atoms with E-state index in [0.29, 0.717) is 47.5 Å². The molecule has 176 valence electrons. The first-order valence-corrected chi connectivity index (χ1v) is 11.7.